The molecule has 0 radical (unpaired) electrons. The second-order valence-electron chi connectivity index (χ2n) is 4.21. The lowest BCUT2D eigenvalue weighted by molar-refractivity contribution is 0.152. The van der Waals surface area contributed by atoms with E-state index in [2.05, 4.69) is 5.32 Å². The van der Waals surface area contributed by atoms with E-state index in [0.29, 0.717) is 0 Å². The first-order chi connectivity index (χ1) is 9.96. The average Bonchev–Trinajstić information content (AvgIpc) is 2.45. The fourth-order valence-corrected chi connectivity index (χ4v) is 2.29. The zero-order valence-electron chi connectivity index (χ0n) is 11.7. The topological polar surface area (TPSA) is 102 Å². The van der Waals surface area contributed by atoms with Gasteiger partial charge < -0.3 is 19.9 Å². The van der Waals surface area contributed by atoms with Crippen LogP contribution in [-0.4, -0.2) is 51.4 Å². The van der Waals surface area contributed by atoms with Gasteiger partial charge in [-0.3, -0.25) is 0 Å². The molecule has 0 aromatic heterocycles. The predicted molar refractivity (Wildman–Crippen MR) is 76.9 cm³/mol. The van der Waals surface area contributed by atoms with Crippen molar-refractivity contribution in [1.29, 1.82) is 0 Å². The lowest BCUT2D eigenvalue weighted by Crippen LogP contribution is -2.26. The summed E-state index contributed by atoms with van der Waals surface area (Å²) in [4.78, 5) is 11.4. The Balaban J connectivity index is 2.27. The summed E-state index contributed by atoms with van der Waals surface area (Å²) in [6.07, 6.45) is -0.690. The molecule has 0 spiro atoms. The molecule has 0 aliphatic heterocycles. The number of amides is 1. The van der Waals surface area contributed by atoms with Gasteiger partial charge in [-0.2, -0.15) is 0 Å². The molecular weight excluding hydrogens is 298 g/mol. The van der Waals surface area contributed by atoms with E-state index < -0.39 is 22.5 Å². The smallest absolute Gasteiger partial charge is 0.407 e. The van der Waals surface area contributed by atoms with E-state index in [0.717, 1.165) is 11.3 Å². The van der Waals surface area contributed by atoms with Crippen LogP contribution in [0.25, 0.3) is 0 Å². The Morgan fingerprint density at radius 2 is 1.90 bits per heavy atom. The molecule has 1 rings (SSSR count). The number of ether oxygens (including phenoxy) is 2. The molecule has 0 bridgehead atoms. The minimum absolute atomic E-state index is 0.239. The molecular formula is C13H19NO6S. The number of alkyl carbamates (subject to hydrolysis) is 1. The number of carbonyl (C=O) groups excluding carboxylic acids is 1. The number of carbonyl (C=O) groups is 1. The number of methoxy groups -OCH3 is 1. The fraction of sp³-hybridized carbons (Fsp3) is 0.462. The summed E-state index contributed by atoms with van der Waals surface area (Å²) in [5, 5.41) is 11.1. The summed E-state index contributed by atoms with van der Waals surface area (Å²) in [6, 6.07) is 7.13. The Labute approximate surface area is 123 Å². The van der Waals surface area contributed by atoms with Crippen molar-refractivity contribution < 1.29 is 27.8 Å². The van der Waals surface area contributed by atoms with Gasteiger partial charge in [-0.1, -0.05) is 12.1 Å². The summed E-state index contributed by atoms with van der Waals surface area (Å²) < 4.78 is 32.3. The first kappa shape index (κ1) is 17.3. The van der Waals surface area contributed by atoms with Crippen LogP contribution in [0.4, 0.5) is 4.79 Å². The van der Waals surface area contributed by atoms with E-state index in [4.69, 9.17) is 14.6 Å². The number of nitrogens with one attached hydrogen (secondary N) is 1. The highest BCUT2D eigenvalue weighted by molar-refractivity contribution is 7.91. The van der Waals surface area contributed by atoms with Crippen molar-refractivity contribution in [2.24, 2.45) is 0 Å². The van der Waals surface area contributed by atoms with Gasteiger partial charge in [-0.05, 0) is 17.7 Å². The average molecular weight is 317 g/mol. The first-order valence-electron chi connectivity index (χ1n) is 6.31. The lowest BCUT2D eigenvalue weighted by Gasteiger charge is -2.08. The van der Waals surface area contributed by atoms with Gasteiger partial charge >= 0.3 is 6.09 Å². The molecule has 0 fully saturated rings. The lowest BCUT2D eigenvalue weighted by atomic mass is 10.2. The molecule has 21 heavy (non-hydrogen) atoms. The van der Waals surface area contributed by atoms with Crippen LogP contribution in [-0.2, 0) is 21.1 Å². The van der Waals surface area contributed by atoms with Gasteiger partial charge in [0.15, 0.2) is 9.84 Å². The zero-order valence-corrected chi connectivity index (χ0v) is 12.6. The molecule has 2 N–H and O–H groups in total. The van der Waals surface area contributed by atoms with Crippen molar-refractivity contribution in [2.45, 2.75) is 6.54 Å². The van der Waals surface area contributed by atoms with Gasteiger partial charge in [0, 0.05) is 6.54 Å². The van der Waals surface area contributed by atoms with Crippen molar-refractivity contribution >= 4 is 15.9 Å². The zero-order chi connectivity index (χ0) is 15.7. The second-order valence-corrected chi connectivity index (χ2v) is 6.52. The SMILES string of the molecule is COc1ccc(CNC(=O)OCCS(=O)(=O)CCO)cc1. The van der Waals surface area contributed by atoms with Crippen LogP contribution in [0.5, 0.6) is 5.75 Å². The third-order valence-corrected chi connectivity index (χ3v) is 4.22. The standard InChI is InChI=1S/C13H19NO6S/c1-19-12-4-2-11(3-5-12)10-14-13(16)20-7-9-21(17,18)8-6-15/h2-5,15H,6-10H2,1H3,(H,14,16). The van der Waals surface area contributed by atoms with Crippen LogP contribution in [0, 0.1) is 0 Å². The third-order valence-electron chi connectivity index (χ3n) is 2.63. The van der Waals surface area contributed by atoms with Crippen LogP contribution in [0.3, 0.4) is 0 Å². The highest BCUT2D eigenvalue weighted by Crippen LogP contribution is 2.10. The highest BCUT2D eigenvalue weighted by atomic mass is 32.2. The van der Waals surface area contributed by atoms with E-state index in [9.17, 15) is 13.2 Å². The van der Waals surface area contributed by atoms with Crippen molar-refractivity contribution in [1.82, 2.24) is 5.32 Å². The number of benzene rings is 1. The van der Waals surface area contributed by atoms with E-state index in [-0.39, 0.29) is 24.7 Å². The van der Waals surface area contributed by atoms with Crippen molar-refractivity contribution in [3.8, 4) is 5.75 Å². The number of rotatable bonds is 8. The normalized spacial score (nSPS) is 11.0. The van der Waals surface area contributed by atoms with Crippen LogP contribution in [0.15, 0.2) is 24.3 Å². The number of aliphatic hydroxyl groups is 1. The molecule has 0 heterocycles. The molecule has 7 nitrogen and oxygen atoms in total. The molecule has 1 aromatic carbocycles. The van der Waals surface area contributed by atoms with Crippen molar-refractivity contribution in [3.63, 3.8) is 0 Å². The van der Waals surface area contributed by atoms with E-state index in [1.54, 1.807) is 31.4 Å². The van der Waals surface area contributed by atoms with Crippen molar-refractivity contribution in [2.75, 3.05) is 31.8 Å². The highest BCUT2D eigenvalue weighted by Gasteiger charge is 2.11. The Kier molecular flexibility index (Phi) is 6.97. The molecule has 0 atom stereocenters. The van der Waals surface area contributed by atoms with Gasteiger partial charge in [-0.15, -0.1) is 0 Å². The Hall–Kier alpha value is -1.80. The maximum absolute atomic E-state index is 11.4. The molecule has 0 saturated carbocycles. The molecule has 8 heteroatoms. The second kappa shape index (κ2) is 8.48. The number of aliphatic hydroxyl groups excluding tert-OH is 1. The number of sulfone groups is 1. The summed E-state index contributed by atoms with van der Waals surface area (Å²) >= 11 is 0. The third kappa shape index (κ3) is 6.96. The largest absolute Gasteiger partial charge is 0.497 e. The number of hydrogen-bond acceptors (Lipinski definition) is 6. The van der Waals surface area contributed by atoms with Crippen LogP contribution in [0.2, 0.25) is 0 Å². The van der Waals surface area contributed by atoms with Crippen LogP contribution >= 0.6 is 0 Å². The Bertz CT molecular complexity index is 540. The van der Waals surface area contributed by atoms with Crippen LogP contribution < -0.4 is 10.1 Å². The Morgan fingerprint density at radius 1 is 1.24 bits per heavy atom. The van der Waals surface area contributed by atoms with Gasteiger partial charge in [0.05, 0.1) is 25.2 Å². The minimum Gasteiger partial charge on any atom is -0.497 e. The minimum atomic E-state index is -3.37. The molecule has 0 aliphatic rings. The summed E-state index contributed by atoms with van der Waals surface area (Å²) in [5.41, 5.74) is 0.862. The molecule has 1 amide bonds. The van der Waals surface area contributed by atoms with Crippen molar-refractivity contribution in [3.05, 3.63) is 29.8 Å². The fourth-order valence-electron chi connectivity index (χ4n) is 1.47. The molecule has 0 aliphatic carbocycles. The number of hydrogen-bond donors (Lipinski definition) is 2. The van der Waals surface area contributed by atoms with E-state index in [1.807, 2.05) is 0 Å². The van der Waals surface area contributed by atoms with E-state index in [1.165, 1.54) is 0 Å². The maximum atomic E-state index is 11.4. The summed E-state index contributed by atoms with van der Waals surface area (Å²) in [6.45, 7) is -0.408. The first-order valence-corrected chi connectivity index (χ1v) is 8.14. The summed E-state index contributed by atoms with van der Waals surface area (Å²) in [7, 11) is -1.81. The maximum Gasteiger partial charge on any atom is 0.407 e. The summed E-state index contributed by atoms with van der Waals surface area (Å²) in [5.74, 6) is 0.0864. The van der Waals surface area contributed by atoms with E-state index >= 15 is 0 Å². The van der Waals surface area contributed by atoms with Crippen LogP contribution in [0.1, 0.15) is 5.56 Å². The molecule has 0 unspecified atom stereocenters. The van der Waals surface area contributed by atoms with Gasteiger partial charge in [0.1, 0.15) is 12.4 Å². The van der Waals surface area contributed by atoms with Gasteiger partial charge in [0.25, 0.3) is 0 Å². The quantitative estimate of drug-likeness (QED) is 0.716. The predicted octanol–water partition coefficient (Wildman–Crippen LogP) is 0.328. The monoisotopic (exact) mass is 317 g/mol. The van der Waals surface area contributed by atoms with Gasteiger partial charge in [0.2, 0.25) is 0 Å². The molecule has 1 aromatic rings. The molecule has 0 saturated heterocycles. The van der Waals surface area contributed by atoms with Gasteiger partial charge in [-0.25, -0.2) is 13.2 Å². The molecule has 118 valence electrons. The Morgan fingerprint density at radius 3 is 2.48 bits per heavy atom.